The summed E-state index contributed by atoms with van der Waals surface area (Å²) in [6.07, 6.45) is 0. The van der Waals surface area contributed by atoms with Crippen LogP contribution in [0.3, 0.4) is 0 Å². The number of phenols is 1. The van der Waals surface area contributed by atoms with Crippen molar-refractivity contribution in [3.8, 4) is 5.75 Å². The van der Waals surface area contributed by atoms with E-state index in [9.17, 15) is 9.90 Å². The Morgan fingerprint density at radius 3 is 2.55 bits per heavy atom. The Balaban J connectivity index is 2.16. The van der Waals surface area contributed by atoms with Crippen molar-refractivity contribution in [3.63, 3.8) is 0 Å². The van der Waals surface area contributed by atoms with E-state index in [2.05, 4.69) is 5.32 Å². The Labute approximate surface area is 120 Å². The van der Waals surface area contributed by atoms with E-state index in [0.717, 1.165) is 5.56 Å². The third-order valence-corrected chi connectivity index (χ3v) is 3.41. The molecule has 1 amide bonds. The number of nitrogens with two attached hydrogens (primary N) is 1. The highest BCUT2D eigenvalue weighted by molar-refractivity contribution is 6.37. The van der Waals surface area contributed by atoms with Gasteiger partial charge in [0, 0.05) is 10.6 Å². The van der Waals surface area contributed by atoms with Crippen LogP contribution in [0.5, 0.6) is 5.75 Å². The minimum absolute atomic E-state index is 0.148. The van der Waals surface area contributed by atoms with Crippen LogP contribution < -0.4 is 11.1 Å². The van der Waals surface area contributed by atoms with Crippen molar-refractivity contribution in [2.45, 2.75) is 0 Å². The molecule has 0 bridgehead atoms. The van der Waals surface area contributed by atoms with Crippen molar-refractivity contribution < 1.29 is 9.90 Å². The fourth-order valence-corrected chi connectivity index (χ4v) is 2.37. The molecule has 100 valence electrons. The summed E-state index contributed by atoms with van der Waals surface area (Å²) in [7, 11) is 0. The number of hydrogen-bond acceptors (Lipinski definition) is 3. The SMILES string of the molecule is N/C(=C1\C(=O)Nc2cc(Cl)ccc21)c1ccc(O)cc1. The number of hydrogen-bond donors (Lipinski definition) is 3. The maximum absolute atomic E-state index is 12.1. The fraction of sp³-hybridized carbons (Fsp3) is 0. The summed E-state index contributed by atoms with van der Waals surface area (Å²) in [5.74, 6) is -0.109. The van der Waals surface area contributed by atoms with E-state index < -0.39 is 0 Å². The van der Waals surface area contributed by atoms with Crippen LogP contribution in [0.1, 0.15) is 11.1 Å². The third kappa shape index (κ3) is 2.00. The first-order valence-corrected chi connectivity index (χ1v) is 6.34. The average molecular weight is 287 g/mol. The molecular weight excluding hydrogens is 276 g/mol. The Hall–Kier alpha value is -2.46. The standard InChI is InChI=1S/C15H11ClN2O2/c16-9-3-6-11-12(7-9)18-15(20)13(11)14(17)8-1-4-10(19)5-2-8/h1-7,19H,17H2,(H,18,20)/b14-13-. The van der Waals surface area contributed by atoms with Crippen LogP contribution in [-0.4, -0.2) is 11.0 Å². The molecule has 4 nitrogen and oxygen atoms in total. The van der Waals surface area contributed by atoms with Crippen molar-refractivity contribution in [1.29, 1.82) is 0 Å². The smallest absolute Gasteiger partial charge is 0.258 e. The fourth-order valence-electron chi connectivity index (χ4n) is 2.20. The summed E-state index contributed by atoms with van der Waals surface area (Å²) in [6, 6.07) is 11.5. The van der Waals surface area contributed by atoms with Crippen LogP contribution >= 0.6 is 11.6 Å². The molecule has 3 rings (SSSR count). The second-order valence-corrected chi connectivity index (χ2v) is 4.92. The van der Waals surface area contributed by atoms with Gasteiger partial charge < -0.3 is 16.2 Å². The first kappa shape index (κ1) is 12.6. The van der Waals surface area contributed by atoms with Gasteiger partial charge in [-0.15, -0.1) is 0 Å². The zero-order chi connectivity index (χ0) is 14.3. The number of carbonyl (C=O) groups excluding carboxylic acids is 1. The van der Waals surface area contributed by atoms with Gasteiger partial charge in [-0.25, -0.2) is 0 Å². The normalized spacial score (nSPS) is 15.8. The minimum atomic E-state index is -0.257. The molecule has 20 heavy (non-hydrogen) atoms. The first-order chi connectivity index (χ1) is 9.56. The van der Waals surface area contributed by atoms with Crippen LogP contribution in [-0.2, 0) is 4.79 Å². The summed E-state index contributed by atoms with van der Waals surface area (Å²) in [4.78, 5) is 12.1. The molecule has 5 heteroatoms. The number of carbonyl (C=O) groups is 1. The summed E-state index contributed by atoms with van der Waals surface area (Å²) in [5.41, 5.74) is 8.94. The molecule has 4 N–H and O–H groups in total. The summed E-state index contributed by atoms with van der Waals surface area (Å²) < 4.78 is 0. The lowest BCUT2D eigenvalue weighted by atomic mass is 10.0. The Morgan fingerprint density at radius 2 is 1.85 bits per heavy atom. The van der Waals surface area contributed by atoms with E-state index >= 15 is 0 Å². The highest BCUT2D eigenvalue weighted by atomic mass is 35.5. The predicted octanol–water partition coefficient (Wildman–Crippen LogP) is 2.82. The van der Waals surface area contributed by atoms with Crippen LogP contribution in [0, 0.1) is 0 Å². The van der Waals surface area contributed by atoms with Gasteiger partial charge in [0.1, 0.15) is 5.75 Å². The lowest BCUT2D eigenvalue weighted by molar-refractivity contribution is -0.110. The highest BCUT2D eigenvalue weighted by Gasteiger charge is 2.27. The van der Waals surface area contributed by atoms with E-state index in [0.29, 0.717) is 27.5 Å². The minimum Gasteiger partial charge on any atom is -0.508 e. The number of phenolic OH excluding ortho intramolecular Hbond substituents is 1. The lowest BCUT2D eigenvalue weighted by Crippen LogP contribution is -2.09. The monoisotopic (exact) mass is 286 g/mol. The molecule has 0 unspecified atom stereocenters. The van der Waals surface area contributed by atoms with Crippen LogP contribution in [0.2, 0.25) is 5.02 Å². The van der Waals surface area contributed by atoms with Gasteiger partial charge in [0.05, 0.1) is 17.0 Å². The number of benzene rings is 2. The van der Waals surface area contributed by atoms with Crippen LogP contribution in [0.15, 0.2) is 42.5 Å². The van der Waals surface area contributed by atoms with Gasteiger partial charge in [0.15, 0.2) is 0 Å². The molecule has 1 aliphatic rings. The quantitative estimate of drug-likeness (QED) is 0.706. The molecule has 0 saturated heterocycles. The number of fused-ring (bicyclic) bond motifs is 1. The molecule has 1 heterocycles. The van der Waals surface area contributed by atoms with Gasteiger partial charge >= 0.3 is 0 Å². The number of anilines is 1. The molecule has 0 aromatic heterocycles. The lowest BCUT2D eigenvalue weighted by Gasteiger charge is -2.06. The average Bonchev–Trinajstić information content (AvgIpc) is 2.73. The number of halogens is 1. The van der Waals surface area contributed by atoms with E-state index in [4.69, 9.17) is 17.3 Å². The van der Waals surface area contributed by atoms with Crippen molar-refractivity contribution in [3.05, 3.63) is 58.6 Å². The van der Waals surface area contributed by atoms with Gasteiger partial charge in [0.25, 0.3) is 5.91 Å². The number of nitrogens with one attached hydrogen (secondary N) is 1. The largest absolute Gasteiger partial charge is 0.508 e. The van der Waals surface area contributed by atoms with Crippen LogP contribution in [0.25, 0.3) is 11.3 Å². The topological polar surface area (TPSA) is 75.4 Å². The predicted molar refractivity (Wildman–Crippen MR) is 79.2 cm³/mol. The molecule has 0 saturated carbocycles. The Kier molecular flexibility index (Phi) is 2.88. The van der Waals surface area contributed by atoms with E-state index in [1.165, 1.54) is 12.1 Å². The second-order valence-electron chi connectivity index (χ2n) is 4.48. The Bertz CT molecular complexity index is 736. The van der Waals surface area contributed by atoms with Crippen molar-refractivity contribution in [2.75, 3.05) is 5.32 Å². The van der Waals surface area contributed by atoms with Gasteiger partial charge in [-0.05, 0) is 42.0 Å². The highest BCUT2D eigenvalue weighted by Crippen LogP contribution is 2.36. The molecule has 0 spiro atoms. The number of amides is 1. The van der Waals surface area contributed by atoms with Crippen molar-refractivity contribution in [2.24, 2.45) is 5.73 Å². The van der Waals surface area contributed by atoms with Crippen LogP contribution in [0.4, 0.5) is 5.69 Å². The van der Waals surface area contributed by atoms with Crippen molar-refractivity contribution in [1.82, 2.24) is 0 Å². The molecule has 2 aromatic carbocycles. The number of rotatable bonds is 1. The van der Waals surface area contributed by atoms with E-state index in [1.807, 2.05) is 0 Å². The molecule has 0 aliphatic carbocycles. The van der Waals surface area contributed by atoms with Gasteiger partial charge in [-0.1, -0.05) is 17.7 Å². The Morgan fingerprint density at radius 1 is 1.15 bits per heavy atom. The molecule has 0 radical (unpaired) electrons. The molecule has 1 aliphatic heterocycles. The zero-order valence-electron chi connectivity index (χ0n) is 10.4. The van der Waals surface area contributed by atoms with Gasteiger partial charge in [0.2, 0.25) is 0 Å². The van der Waals surface area contributed by atoms with Crippen molar-refractivity contribution >= 4 is 34.5 Å². The summed E-state index contributed by atoms with van der Waals surface area (Å²) in [5, 5.41) is 12.6. The first-order valence-electron chi connectivity index (χ1n) is 5.96. The second kappa shape index (κ2) is 4.58. The maximum Gasteiger partial charge on any atom is 0.258 e. The maximum atomic E-state index is 12.1. The van der Waals surface area contributed by atoms with E-state index in [-0.39, 0.29) is 11.7 Å². The summed E-state index contributed by atoms with van der Waals surface area (Å²) >= 11 is 5.91. The number of aromatic hydroxyl groups is 1. The molecular formula is C15H11ClN2O2. The van der Waals surface area contributed by atoms with E-state index in [1.54, 1.807) is 30.3 Å². The van der Waals surface area contributed by atoms with Gasteiger partial charge in [-0.3, -0.25) is 4.79 Å². The molecule has 2 aromatic rings. The molecule has 0 fully saturated rings. The zero-order valence-corrected chi connectivity index (χ0v) is 11.1. The van der Waals surface area contributed by atoms with Gasteiger partial charge in [-0.2, -0.15) is 0 Å². The summed E-state index contributed by atoms with van der Waals surface area (Å²) in [6.45, 7) is 0. The third-order valence-electron chi connectivity index (χ3n) is 3.17. The molecule has 0 atom stereocenters.